The van der Waals surface area contributed by atoms with Gasteiger partial charge in [-0.3, -0.25) is 5.10 Å². The first-order chi connectivity index (χ1) is 11.3. The number of aromatic nitrogens is 3. The van der Waals surface area contributed by atoms with Gasteiger partial charge in [-0.2, -0.15) is 5.10 Å². The van der Waals surface area contributed by atoms with Crippen LogP contribution in [0.1, 0.15) is 12.8 Å². The predicted octanol–water partition coefficient (Wildman–Crippen LogP) is 3.32. The zero-order valence-electron chi connectivity index (χ0n) is 12.9. The van der Waals surface area contributed by atoms with E-state index in [0.717, 1.165) is 38.8 Å². The van der Waals surface area contributed by atoms with Crippen molar-refractivity contribution in [1.29, 1.82) is 0 Å². The summed E-state index contributed by atoms with van der Waals surface area (Å²) in [5.74, 6) is 0.939. The van der Waals surface area contributed by atoms with Gasteiger partial charge >= 0.3 is 0 Å². The van der Waals surface area contributed by atoms with Crippen molar-refractivity contribution in [2.24, 2.45) is 0 Å². The molecule has 1 saturated carbocycles. The zero-order chi connectivity index (χ0) is 15.6. The van der Waals surface area contributed by atoms with Gasteiger partial charge < -0.3 is 15.4 Å². The average molecular weight is 329 g/mol. The lowest BCUT2D eigenvalue weighted by atomic mass is 10.3. The molecule has 0 amide bonds. The normalized spacial score (nSPS) is 14.3. The highest BCUT2D eigenvalue weighted by Crippen LogP contribution is 2.38. The molecular formula is C16H19N5OS. The van der Waals surface area contributed by atoms with Crippen molar-refractivity contribution in [1.82, 2.24) is 15.2 Å². The summed E-state index contributed by atoms with van der Waals surface area (Å²) < 4.78 is 6.30. The Balaban J connectivity index is 1.72. The summed E-state index contributed by atoms with van der Waals surface area (Å²) >= 11 is 1.72. The quantitative estimate of drug-likeness (QED) is 0.580. The van der Waals surface area contributed by atoms with Crippen molar-refractivity contribution in [3.63, 3.8) is 0 Å². The van der Waals surface area contributed by atoms with Crippen LogP contribution in [0.25, 0.3) is 20.8 Å². The van der Waals surface area contributed by atoms with E-state index < -0.39 is 0 Å². The van der Waals surface area contributed by atoms with Crippen LogP contribution in [-0.2, 0) is 4.74 Å². The number of aromatic amines is 1. The second kappa shape index (κ2) is 6.17. The first-order valence-electron chi connectivity index (χ1n) is 7.77. The molecule has 0 atom stereocenters. The maximum absolute atomic E-state index is 5.14. The molecule has 1 fully saturated rings. The van der Waals surface area contributed by atoms with Crippen LogP contribution in [0.4, 0.5) is 11.5 Å². The highest BCUT2D eigenvalue weighted by atomic mass is 32.1. The molecule has 1 aliphatic rings. The lowest BCUT2D eigenvalue weighted by Gasteiger charge is -2.10. The molecule has 6 nitrogen and oxygen atoms in total. The van der Waals surface area contributed by atoms with Crippen molar-refractivity contribution in [3.8, 4) is 10.6 Å². The minimum atomic E-state index is 0.581. The number of rotatable bonds is 7. The topological polar surface area (TPSA) is 74.9 Å². The maximum Gasteiger partial charge on any atom is 0.129 e. The lowest BCUT2D eigenvalue weighted by molar-refractivity contribution is 0.211. The molecule has 3 aromatic heterocycles. The predicted molar refractivity (Wildman–Crippen MR) is 94.2 cm³/mol. The third-order valence-electron chi connectivity index (χ3n) is 3.80. The van der Waals surface area contributed by atoms with Crippen LogP contribution in [0.3, 0.4) is 0 Å². The molecule has 4 rings (SSSR count). The number of methoxy groups -OCH3 is 1. The van der Waals surface area contributed by atoms with Gasteiger partial charge in [0.2, 0.25) is 0 Å². The summed E-state index contributed by atoms with van der Waals surface area (Å²) in [4.78, 5) is 5.91. The molecule has 0 aromatic carbocycles. The Kier molecular flexibility index (Phi) is 3.88. The molecule has 0 bridgehead atoms. The van der Waals surface area contributed by atoms with Gasteiger partial charge in [-0.1, -0.05) is 0 Å². The Labute approximate surface area is 138 Å². The standard InChI is InChI=1S/C16H19N5OS/c1-22-7-6-17-12-9-15(19-10-2-3-10)20-13-8-14(23-16(12)13)11-4-5-18-21-11/h4-5,8-10H,2-3,6-7H2,1H3,(H,18,21)(H2,17,19,20). The molecule has 7 heteroatoms. The minimum Gasteiger partial charge on any atom is -0.383 e. The van der Waals surface area contributed by atoms with Gasteiger partial charge in [0.05, 0.1) is 33.1 Å². The molecule has 23 heavy (non-hydrogen) atoms. The van der Waals surface area contributed by atoms with Crippen LogP contribution in [0.2, 0.25) is 0 Å². The van der Waals surface area contributed by atoms with Crippen molar-refractivity contribution in [2.75, 3.05) is 30.9 Å². The fraction of sp³-hybridized carbons (Fsp3) is 0.375. The van der Waals surface area contributed by atoms with E-state index in [4.69, 9.17) is 9.72 Å². The van der Waals surface area contributed by atoms with Crippen molar-refractivity contribution >= 4 is 33.1 Å². The molecule has 0 saturated heterocycles. The van der Waals surface area contributed by atoms with Crippen molar-refractivity contribution in [2.45, 2.75) is 18.9 Å². The van der Waals surface area contributed by atoms with Gasteiger partial charge in [0.1, 0.15) is 5.82 Å². The largest absolute Gasteiger partial charge is 0.383 e. The summed E-state index contributed by atoms with van der Waals surface area (Å²) in [7, 11) is 1.71. The van der Waals surface area contributed by atoms with E-state index in [0.29, 0.717) is 12.6 Å². The minimum absolute atomic E-state index is 0.581. The van der Waals surface area contributed by atoms with Gasteiger partial charge in [0.25, 0.3) is 0 Å². The van der Waals surface area contributed by atoms with Crippen LogP contribution in [0, 0.1) is 0 Å². The first-order valence-corrected chi connectivity index (χ1v) is 8.59. The number of pyridine rings is 1. The van der Waals surface area contributed by atoms with Gasteiger partial charge in [-0.05, 0) is 25.0 Å². The van der Waals surface area contributed by atoms with Crippen LogP contribution in [0.5, 0.6) is 0 Å². The molecule has 3 N–H and O–H groups in total. The Morgan fingerprint density at radius 1 is 1.39 bits per heavy atom. The van der Waals surface area contributed by atoms with Gasteiger partial charge in [0.15, 0.2) is 0 Å². The second-order valence-electron chi connectivity index (χ2n) is 5.69. The molecule has 0 radical (unpaired) electrons. The zero-order valence-corrected chi connectivity index (χ0v) is 13.7. The lowest BCUT2D eigenvalue weighted by Crippen LogP contribution is -2.09. The van der Waals surface area contributed by atoms with Crippen molar-refractivity contribution < 1.29 is 4.74 Å². The highest BCUT2D eigenvalue weighted by molar-refractivity contribution is 7.22. The molecule has 0 unspecified atom stereocenters. The summed E-state index contributed by atoms with van der Waals surface area (Å²) in [6.07, 6.45) is 4.23. The Morgan fingerprint density at radius 3 is 3.04 bits per heavy atom. The third kappa shape index (κ3) is 3.16. The van der Waals surface area contributed by atoms with Gasteiger partial charge in [-0.15, -0.1) is 11.3 Å². The second-order valence-corrected chi connectivity index (χ2v) is 6.74. The maximum atomic E-state index is 5.14. The number of H-pyrrole nitrogens is 1. The van der Waals surface area contributed by atoms with Crippen LogP contribution < -0.4 is 10.6 Å². The molecule has 120 valence electrons. The number of hydrogen-bond acceptors (Lipinski definition) is 6. The fourth-order valence-electron chi connectivity index (χ4n) is 2.48. The summed E-state index contributed by atoms with van der Waals surface area (Å²) in [5, 5.41) is 14.0. The number of nitrogens with zero attached hydrogens (tertiary/aromatic N) is 2. The van der Waals surface area contributed by atoms with Crippen LogP contribution in [-0.4, -0.2) is 41.5 Å². The Morgan fingerprint density at radius 2 is 2.30 bits per heavy atom. The number of nitrogens with one attached hydrogen (secondary N) is 3. The number of fused-ring (bicyclic) bond motifs is 1. The summed E-state index contributed by atoms with van der Waals surface area (Å²) in [6.45, 7) is 1.45. The van der Waals surface area contributed by atoms with Crippen molar-refractivity contribution in [3.05, 3.63) is 24.4 Å². The van der Waals surface area contributed by atoms with E-state index in [1.54, 1.807) is 24.6 Å². The van der Waals surface area contributed by atoms with Crippen LogP contribution in [0.15, 0.2) is 24.4 Å². The van der Waals surface area contributed by atoms with Crippen LogP contribution >= 0.6 is 11.3 Å². The van der Waals surface area contributed by atoms with Gasteiger partial charge in [-0.25, -0.2) is 4.98 Å². The molecule has 1 aliphatic carbocycles. The molecular weight excluding hydrogens is 310 g/mol. The SMILES string of the molecule is COCCNc1cc(NC2CC2)nc2cc(-c3ccn[nH]3)sc12. The van der Waals surface area contributed by atoms with E-state index in [9.17, 15) is 0 Å². The number of hydrogen-bond donors (Lipinski definition) is 3. The number of ether oxygens (including phenoxy) is 1. The molecule has 0 spiro atoms. The van der Waals surface area contributed by atoms with E-state index >= 15 is 0 Å². The number of thiophene rings is 1. The van der Waals surface area contributed by atoms with E-state index in [1.807, 2.05) is 6.07 Å². The molecule has 3 heterocycles. The monoisotopic (exact) mass is 329 g/mol. The number of anilines is 2. The molecule has 3 aromatic rings. The molecule has 0 aliphatic heterocycles. The van der Waals surface area contributed by atoms with E-state index in [1.165, 1.54) is 12.8 Å². The van der Waals surface area contributed by atoms with E-state index in [2.05, 4.69) is 33.0 Å². The summed E-state index contributed by atoms with van der Waals surface area (Å²) in [6, 6.07) is 6.78. The Bertz CT molecular complexity index is 794. The smallest absolute Gasteiger partial charge is 0.129 e. The average Bonchev–Trinajstić information content (AvgIpc) is 3.04. The third-order valence-corrected chi connectivity index (χ3v) is 4.99. The fourth-order valence-corrected chi connectivity index (χ4v) is 3.54. The van der Waals surface area contributed by atoms with E-state index in [-0.39, 0.29) is 0 Å². The Hall–Kier alpha value is -2.12. The summed E-state index contributed by atoms with van der Waals surface area (Å²) in [5.41, 5.74) is 3.13. The van der Waals surface area contributed by atoms with Gasteiger partial charge in [0, 0.05) is 32.0 Å². The first kappa shape index (κ1) is 14.5. The highest BCUT2D eigenvalue weighted by Gasteiger charge is 2.22.